The molecule has 2 aromatic rings. The van der Waals surface area contributed by atoms with Gasteiger partial charge in [-0.05, 0) is 11.5 Å². The number of hydrogen-bond acceptors (Lipinski definition) is 4. The van der Waals surface area contributed by atoms with E-state index in [1.807, 2.05) is 30.3 Å². The van der Waals surface area contributed by atoms with Crippen molar-refractivity contribution in [2.24, 2.45) is 5.92 Å². The Labute approximate surface area is 128 Å². The highest BCUT2D eigenvalue weighted by Crippen LogP contribution is 2.10. The fourth-order valence-electron chi connectivity index (χ4n) is 2.08. The topological polar surface area (TPSA) is 84.2 Å². The number of nitrogens with one attached hydrogen (secondary N) is 1. The van der Waals surface area contributed by atoms with Crippen molar-refractivity contribution < 1.29 is 9.90 Å². The van der Waals surface area contributed by atoms with Gasteiger partial charge in [-0.15, -0.1) is 0 Å². The van der Waals surface area contributed by atoms with Crippen molar-refractivity contribution in [2.75, 3.05) is 5.32 Å². The summed E-state index contributed by atoms with van der Waals surface area (Å²) in [7, 11) is 0. The molecule has 1 aromatic heterocycles. The van der Waals surface area contributed by atoms with Crippen molar-refractivity contribution >= 4 is 11.7 Å². The van der Waals surface area contributed by atoms with E-state index in [1.54, 1.807) is 13.8 Å². The number of carbonyl (C=O) groups is 1. The van der Waals surface area contributed by atoms with Crippen molar-refractivity contribution in [1.29, 1.82) is 0 Å². The highest BCUT2D eigenvalue weighted by Gasteiger charge is 2.21. The Morgan fingerprint density at radius 1 is 1.32 bits per heavy atom. The second-order valence-electron chi connectivity index (χ2n) is 5.43. The Bertz CT molecular complexity index is 695. The molecule has 0 aliphatic rings. The van der Waals surface area contributed by atoms with Crippen LogP contribution in [-0.2, 0) is 11.3 Å². The summed E-state index contributed by atoms with van der Waals surface area (Å²) in [4.78, 5) is 23.3. The van der Waals surface area contributed by atoms with E-state index in [-0.39, 0.29) is 11.5 Å². The molecule has 0 spiro atoms. The highest BCUT2D eigenvalue weighted by atomic mass is 16.4. The van der Waals surface area contributed by atoms with Gasteiger partial charge in [-0.2, -0.15) is 5.10 Å². The molecule has 0 aliphatic heterocycles. The van der Waals surface area contributed by atoms with Gasteiger partial charge in [-0.25, -0.2) is 9.48 Å². The van der Waals surface area contributed by atoms with Gasteiger partial charge in [0, 0.05) is 6.07 Å². The number of anilines is 1. The maximum Gasteiger partial charge on any atom is 0.326 e. The van der Waals surface area contributed by atoms with Crippen molar-refractivity contribution in [2.45, 2.75) is 26.4 Å². The summed E-state index contributed by atoms with van der Waals surface area (Å²) in [5, 5.41) is 16.1. The average Bonchev–Trinajstić information content (AvgIpc) is 2.48. The van der Waals surface area contributed by atoms with E-state index in [2.05, 4.69) is 10.4 Å². The first-order valence-corrected chi connectivity index (χ1v) is 7.08. The maximum atomic E-state index is 12.1. The van der Waals surface area contributed by atoms with E-state index in [0.717, 1.165) is 5.56 Å². The molecule has 0 saturated heterocycles. The van der Waals surface area contributed by atoms with Gasteiger partial charge in [0.2, 0.25) is 0 Å². The molecule has 1 aromatic carbocycles. The van der Waals surface area contributed by atoms with Crippen molar-refractivity contribution in [3.05, 3.63) is 58.5 Å². The van der Waals surface area contributed by atoms with E-state index >= 15 is 0 Å². The molecule has 0 unspecified atom stereocenters. The molecule has 2 N–H and O–H groups in total. The van der Waals surface area contributed by atoms with Crippen LogP contribution >= 0.6 is 0 Å². The summed E-state index contributed by atoms with van der Waals surface area (Å²) in [6.45, 7) is 3.98. The van der Waals surface area contributed by atoms with Crippen LogP contribution in [0.15, 0.2) is 47.4 Å². The first-order chi connectivity index (χ1) is 10.5. The van der Waals surface area contributed by atoms with Gasteiger partial charge in [-0.1, -0.05) is 44.2 Å². The van der Waals surface area contributed by atoms with Crippen molar-refractivity contribution in [3.63, 3.8) is 0 Å². The summed E-state index contributed by atoms with van der Waals surface area (Å²) in [5.74, 6) is -1.06. The molecule has 0 saturated carbocycles. The minimum Gasteiger partial charge on any atom is -0.480 e. The number of hydrogen-bond donors (Lipinski definition) is 2. The van der Waals surface area contributed by atoms with Gasteiger partial charge in [0.05, 0.1) is 18.4 Å². The first-order valence-electron chi connectivity index (χ1n) is 7.08. The number of nitrogens with zero attached hydrogens (tertiary/aromatic N) is 2. The third kappa shape index (κ3) is 3.94. The number of carboxylic acids is 1. The zero-order valence-electron chi connectivity index (χ0n) is 12.6. The zero-order valence-corrected chi connectivity index (χ0v) is 12.6. The molecule has 116 valence electrons. The third-order valence-electron chi connectivity index (χ3n) is 3.30. The molecule has 6 heteroatoms. The molecular formula is C16H19N3O3. The fraction of sp³-hybridized carbons (Fsp3) is 0.312. The van der Waals surface area contributed by atoms with Gasteiger partial charge < -0.3 is 10.4 Å². The molecule has 2 rings (SSSR count). The largest absolute Gasteiger partial charge is 0.480 e. The maximum absolute atomic E-state index is 12.1. The molecular weight excluding hydrogens is 282 g/mol. The lowest BCUT2D eigenvalue weighted by Crippen LogP contribution is -2.35. The van der Waals surface area contributed by atoms with Crippen molar-refractivity contribution in [3.8, 4) is 0 Å². The minimum atomic E-state index is -0.955. The standard InChI is InChI=1S/C16H19N3O3/c1-11(2)15(16(21)22)18-13-8-14(20)19(17-9-13)10-12-6-4-3-5-7-12/h3-9,11,15,18H,10H2,1-2H3,(H,21,22)/t15-/m0/s1. The molecule has 0 radical (unpaired) electrons. The smallest absolute Gasteiger partial charge is 0.326 e. The number of aliphatic carboxylic acids is 1. The number of aromatic nitrogens is 2. The predicted molar refractivity (Wildman–Crippen MR) is 83.9 cm³/mol. The predicted octanol–water partition coefficient (Wildman–Crippen LogP) is 1.81. The van der Waals surface area contributed by atoms with Crippen LogP contribution in [-0.4, -0.2) is 26.9 Å². The number of rotatable bonds is 6. The van der Waals surface area contributed by atoms with E-state index in [9.17, 15) is 9.59 Å². The van der Waals surface area contributed by atoms with Crippen LogP contribution in [0.1, 0.15) is 19.4 Å². The van der Waals surface area contributed by atoms with Crippen LogP contribution in [0.3, 0.4) is 0 Å². The van der Waals surface area contributed by atoms with E-state index in [0.29, 0.717) is 12.2 Å². The lowest BCUT2D eigenvalue weighted by atomic mass is 10.0. The minimum absolute atomic E-state index is 0.107. The molecule has 0 aliphatic carbocycles. The summed E-state index contributed by atoms with van der Waals surface area (Å²) in [5.41, 5.74) is 1.11. The number of benzene rings is 1. The monoisotopic (exact) mass is 301 g/mol. The van der Waals surface area contributed by atoms with E-state index < -0.39 is 12.0 Å². The van der Waals surface area contributed by atoms with Crippen LogP contribution in [0.2, 0.25) is 0 Å². The van der Waals surface area contributed by atoms with E-state index in [4.69, 9.17) is 5.11 Å². The SMILES string of the molecule is CC(C)[C@H](Nc1cnn(Cc2ccccc2)c(=O)c1)C(=O)O. The molecule has 6 nitrogen and oxygen atoms in total. The van der Waals surface area contributed by atoms with Gasteiger partial charge in [0.15, 0.2) is 0 Å². The fourth-order valence-corrected chi connectivity index (χ4v) is 2.08. The molecule has 0 fully saturated rings. The van der Waals surface area contributed by atoms with Crippen LogP contribution in [0.25, 0.3) is 0 Å². The Balaban J connectivity index is 2.16. The summed E-state index contributed by atoms with van der Waals surface area (Å²) in [6, 6.07) is 10.1. The Morgan fingerprint density at radius 3 is 2.55 bits per heavy atom. The Morgan fingerprint density at radius 2 is 2.00 bits per heavy atom. The molecule has 1 atom stereocenters. The third-order valence-corrected chi connectivity index (χ3v) is 3.30. The summed E-state index contributed by atoms with van der Waals surface area (Å²) >= 11 is 0. The van der Waals surface area contributed by atoms with Gasteiger partial charge in [0.25, 0.3) is 5.56 Å². The van der Waals surface area contributed by atoms with Gasteiger partial charge in [0.1, 0.15) is 6.04 Å². The average molecular weight is 301 g/mol. The Kier molecular flexibility index (Phi) is 4.93. The highest BCUT2D eigenvalue weighted by molar-refractivity contribution is 5.77. The van der Waals surface area contributed by atoms with Crippen LogP contribution in [0.4, 0.5) is 5.69 Å². The lowest BCUT2D eigenvalue weighted by Gasteiger charge is -2.18. The van der Waals surface area contributed by atoms with E-state index in [1.165, 1.54) is 16.9 Å². The van der Waals surface area contributed by atoms with Gasteiger partial charge >= 0.3 is 5.97 Å². The Hall–Kier alpha value is -2.63. The normalized spacial score (nSPS) is 12.1. The molecule has 1 heterocycles. The summed E-state index contributed by atoms with van der Waals surface area (Å²) in [6.07, 6.45) is 1.47. The van der Waals surface area contributed by atoms with Crippen LogP contribution < -0.4 is 10.9 Å². The number of carboxylic acid groups (broad SMARTS) is 1. The zero-order chi connectivity index (χ0) is 16.1. The lowest BCUT2D eigenvalue weighted by molar-refractivity contribution is -0.138. The van der Waals surface area contributed by atoms with Crippen molar-refractivity contribution in [1.82, 2.24) is 9.78 Å². The quantitative estimate of drug-likeness (QED) is 0.850. The molecule has 0 bridgehead atoms. The second kappa shape index (κ2) is 6.89. The molecule has 22 heavy (non-hydrogen) atoms. The molecule has 0 amide bonds. The second-order valence-corrected chi connectivity index (χ2v) is 5.43. The summed E-state index contributed by atoms with van der Waals surface area (Å²) < 4.78 is 1.34. The first kappa shape index (κ1) is 15.8. The van der Waals surface area contributed by atoms with Gasteiger partial charge in [-0.3, -0.25) is 4.79 Å². The van der Waals surface area contributed by atoms with Crippen LogP contribution in [0, 0.1) is 5.92 Å². The van der Waals surface area contributed by atoms with Crippen LogP contribution in [0.5, 0.6) is 0 Å².